The first-order valence-corrected chi connectivity index (χ1v) is 20.8. The van der Waals surface area contributed by atoms with Crippen molar-refractivity contribution in [3.05, 3.63) is 87.8 Å². The van der Waals surface area contributed by atoms with Crippen molar-refractivity contribution in [2.45, 2.75) is 101 Å². The maximum Gasteiger partial charge on any atom is 0.404 e. The van der Waals surface area contributed by atoms with Crippen LogP contribution < -0.4 is 16.2 Å². The van der Waals surface area contributed by atoms with Crippen molar-refractivity contribution in [3.63, 3.8) is 0 Å². The molecule has 14 nitrogen and oxygen atoms in total. The maximum atomic E-state index is 13.7. The number of hydrogen-bond donors (Lipinski definition) is 2. The lowest BCUT2D eigenvalue weighted by atomic mass is 9.55. The number of methoxy groups -OCH3 is 1. The van der Waals surface area contributed by atoms with Gasteiger partial charge in [-0.05, 0) is 105 Å². The van der Waals surface area contributed by atoms with E-state index >= 15 is 0 Å². The number of ketones is 2. The van der Waals surface area contributed by atoms with Gasteiger partial charge >= 0.3 is 18.0 Å². The SMILES string of the molecule is CO[C@@]12[C@H](COC(N)=O)C3=C(C(=O)C(C)=C(N)C3=O)N1C[C@H]1[C@@H]2N1C(=O)CCCC(=O)O[C@H]1CC[C@H]2[C@@H]3CCc4cc(OC(=O)c5ccccc5)ccc4[C@H]3CC[C@]12C. The molecule has 2 saturated carbocycles. The maximum absolute atomic E-state index is 13.7. The number of fused-ring (bicyclic) bond motifs is 9. The minimum atomic E-state index is -1.34. The molecule has 4 fully saturated rings. The fourth-order valence-electron chi connectivity index (χ4n) is 12.1. The van der Waals surface area contributed by atoms with Crippen molar-refractivity contribution in [3.8, 4) is 5.75 Å². The van der Waals surface area contributed by atoms with Gasteiger partial charge in [-0.3, -0.25) is 19.2 Å². The number of primary amides is 1. The normalized spacial score (nSPS) is 32.4. The second-order valence-electron chi connectivity index (χ2n) is 17.5. The van der Waals surface area contributed by atoms with Gasteiger partial charge in [0.1, 0.15) is 24.5 Å². The minimum absolute atomic E-state index is 0.0997. The number of allylic oxidation sites excluding steroid dienone is 2. The fourth-order valence-corrected chi connectivity index (χ4v) is 12.1. The summed E-state index contributed by atoms with van der Waals surface area (Å²) in [6.45, 7) is 3.68. The van der Waals surface area contributed by atoms with Crippen LogP contribution in [0.5, 0.6) is 5.75 Å². The molecule has 59 heavy (non-hydrogen) atoms. The van der Waals surface area contributed by atoms with Gasteiger partial charge in [-0.1, -0.05) is 31.2 Å². The molecule has 2 aromatic rings. The third kappa shape index (κ3) is 5.99. The second kappa shape index (κ2) is 14.4. The van der Waals surface area contributed by atoms with E-state index in [2.05, 4.69) is 13.0 Å². The molecule has 7 aliphatic rings. The van der Waals surface area contributed by atoms with Crippen molar-refractivity contribution in [1.82, 2.24) is 9.80 Å². The number of esters is 2. The van der Waals surface area contributed by atoms with Crippen LogP contribution >= 0.6 is 0 Å². The molecule has 0 radical (unpaired) electrons. The summed E-state index contributed by atoms with van der Waals surface area (Å²) < 4.78 is 23.2. The van der Waals surface area contributed by atoms with Crippen LogP contribution in [0.4, 0.5) is 4.79 Å². The Morgan fingerprint density at radius 2 is 1.75 bits per heavy atom. The highest BCUT2D eigenvalue weighted by Crippen LogP contribution is 2.62. The van der Waals surface area contributed by atoms with Crippen molar-refractivity contribution in [1.29, 1.82) is 0 Å². The Morgan fingerprint density at radius 3 is 2.49 bits per heavy atom. The first-order chi connectivity index (χ1) is 28.3. The van der Waals surface area contributed by atoms with Crippen molar-refractivity contribution >= 4 is 35.5 Å². The molecule has 4 aliphatic carbocycles. The number of nitrogens with zero attached hydrogens (tertiary/aromatic N) is 2. The summed E-state index contributed by atoms with van der Waals surface area (Å²) in [5.74, 6) is -0.832. The minimum Gasteiger partial charge on any atom is -0.462 e. The number of carbonyl (C=O) groups excluding carboxylic acids is 6. The Balaban J connectivity index is 0.798. The van der Waals surface area contributed by atoms with Gasteiger partial charge in [0.15, 0.2) is 5.72 Å². The average Bonchev–Trinajstić information content (AvgIpc) is 3.55. The molecule has 9 atom stereocenters. The fraction of sp³-hybridized carbons (Fsp3) is 0.511. The zero-order valence-electron chi connectivity index (χ0n) is 33.6. The highest BCUT2D eigenvalue weighted by atomic mass is 16.6. The van der Waals surface area contributed by atoms with Gasteiger partial charge in [-0.15, -0.1) is 0 Å². The zero-order chi connectivity index (χ0) is 41.5. The third-order valence-corrected chi connectivity index (χ3v) is 14.9. The second-order valence-corrected chi connectivity index (χ2v) is 17.5. The van der Waals surface area contributed by atoms with Crippen LogP contribution in [0.15, 0.2) is 71.1 Å². The molecular formula is C45H50N4O10. The molecule has 9 rings (SSSR count). The number of rotatable bonds is 10. The number of hydrogen-bond acceptors (Lipinski definition) is 12. The highest BCUT2D eigenvalue weighted by Gasteiger charge is 2.77. The number of Topliss-reactive ketones (excluding diaryl/α,β-unsaturated/α-hetero) is 2. The highest BCUT2D eigenvalue weighted by molar-refractivity contribution is 6.25. The Bertz CT molecular complexity index is 2240. The number of benzene rings is 2. The molecule has 2 saturated heterocycles. The van der Waals surface area contributed by atoms with Gasteiger partial charge in [0.05, 0.1) is 28.9 Å². The summed E-state index contributed by atoms with van der Waals surface area (Å²) in [7, 11) is 1.44. The van der Waals surface area contributed by atoms with E-state index in [1.807, 2.05) is 30.3 Å². The Hall–Kier alpha value is -5.50. The number of nitrogens with two attached hydrogens (primary N) is 2. The topological polar surface area (TPSA) is 198 Å². The first kappa shape index (κ1) is 39.0. The van der Waals surface area contributed by atoms with Gasteiger partial charge in [0, 0.05) is 43.1 Å². The van der Waals surface area contributed by atoms with E-state index in [1.54, 1.807) is 21.9 Å². The lowest BCUT2D eigenvalue weighted by Gasteiger charge is -2.50. The van der Waals surface area contributed by atoms with Crippen LogP contribution in [-0.4, -0.2) is 89.5 Å². The molecule has 2 aromatic carbocycles. The van der Waals surface area contributed by atoms with Crippen molar-refractivity contribution in [2.75, 3.05) is 20.3 Å². The number of carbonyl (C=O) groups is 6. The predicted octanol–water partition coefficient (Wildman–Crippen LogP) is 4.45. The van der Waals surface area contributed by atoms with E-state index < -0.39 is 35.3 Å². The molecule has 2 amide bonds. The number of aryl methyl sites for hydroxylation is 1. The van der Waals surface area contributed by atoms with E-state index in [0.29, 0.717) is 35.5 Å². The molecule has 0 aromatic heterocycles. The van der Waals surface area contributed by atoms with E-state index in [1.165, 1.54) is 25.2 Å². The van der Waals surface area contributed by atoms with Gasteiger partial charge < -0.3 is 40.2 Å². The zero-order valence-corrected chi connectivity index (χ0v) is 33.6. The van der Waals surface area contributed by atoms with Crippen LogP contribution in [-0.2, 0) is 39.8 Å². The molecule has 310 valence electrons. The van der Waals surface area contributed by atoms with Crippen molar-refractivity contribution in [2.24, 2.45) is 34.6 Å². The molecule has 4 N–H and O–H groups in total. The first-order valence-electron chi connectivity index (χ1n) is 20.8. The Labute approximate surface area is 342 Å². The smallest absolute Gasteiger partial charge is 0.404 e. The van der Waals surface area contributed by atoms with Gasteiger partial charge in [0.2, 0.25) is 17.5 Å². The molecule has 0 spiro atoms. The summed E-state index contributed by atoms with van der Waals surface area (Å²) >= 11 is 0. The lowest BCUT2D eigenvalue weighted by Crippen LogP contribution is -2.56. The third-order valence-electron chi connectivity index (χ3n) is 14.9. The van der Waals surface area contributed by atoms with E-state index in [0.717, 1.165) is 38.5 Å². The van der Waals surface area contributed by atoms with Gasteiger partial charge in [0.25, 0.3) is 0 Å². The molecule has 0 unspecified atom stereocenters. The summed E-state index contributed by atoms with van der Waals surface area (Å²) in [4.78, 5) is 81.8. The van der Waals surface area contributed by atoms with E-state index in [-0.39, 0.29) is 83.9 Å². The summed E-state index contributed by atoms with van der Waals surface area (Å²) in [6, 6.07) is 14.2. The van der Waals surface area contributed by atoms with Gasteiger partial charge in [-0.2, -0.15) is 0 Å². The summed E-state index contributed by atoms with van der Waals surface area (Å²) in [5, 5.41) is 0. The molecule has 14 heteroatoms. The lowest BCUT2D eigenvalue weighted by molar-refractivity contribution is -0.158. The summed E-state index contributed by atoms with van der Waals surface area (Å²) in [6.07, 6.45) is 4.95. The number of piperazine rings is 1. The predicted molar refractivity (Wildman–Crippen MR) is 210 cm³/mol. The monoisotopic (exact) mass is 806 g/mol. The van der Waals surface area contributed by atoms with Crippen LogP contribution in [0.2, 0.25) is 0 Å². The molecule has 3 heterocycles. The van der Waals surface area contributed by atoms with E-state index in [4.69, 9.17) is 30.4 Å². The molecule has 3 aliphatic heterocycles. The van der Waals surface area contributed by atoms with Crippen LogP contribution in [0.1, 0.15) is 92.6 Å². The number of ether oxygens (including phenoxy) is 4. The number of amides is 2. The van der Waals surface area contributed by atoms with Crippen LogP contribution in [0.3, 0.4) is 0 Å². The molecule has 0 bridgehead atoms. The largest absolute Gasteiger partial charge is 0.462 e. The summed E-state index contributed by atoms with van der Waals surface area (Å²) in [5.41, 5.74) is 13.2. The van der Waals surface area contributed by atoms with Gasteiger partial charge in [-0.25, -0.2) is 9.59 Å². The molecular weight excluding hydrogens is 757 g/mol. The quantitative estimate of drug-likeness (QED) is 0.148. The van der Waals surface area contributed by atoms with Crippen molar-refractivity contribution < 1.29 is 47.7 Å². The van der Waals surface area contributed by atoms with Crippen LogP contribution in [0.25, 0.3) is 0 Å². The standard InChI is InChI=1S/C45H50N4O10/c1-23-37(46)40(53)36-31(22-57-43(47)55)45(56-3)41-32(21-48(45)38(36)39(23)52)49(41)34(50)10-7-11-35(51)59-33-17-16-30-29-14-12-25-20-26(58-42(54)24-8-5-4-6-9-24)13-15-27(25)28(29)18-19-44(30,33)2/h4-6,8-9,13,15,20,28-33,41H,7,10-12,14,16-19,21-22,46H2,1-3H3,(H2,47,55)/t28-,29-,30+,31-,32+,33+,41+,44+,45-,49?/m1/s1. The van der Waals surface area contributed by atoms with E-state index in [9.17, 15) is 28.8 Å². The average molecular weight is 807 g/mol. The van der Waals surface area contributed by atoms with Crippen LogP contribution in [0, 0.1) is 23.2 Å². The Kier molecular flexibility index (Phi) is 9.48. The Morgan fingerprint density at radius 1 is 0.966 bits per heavy atom.